The molecular formula is C21H26FN3O3S. The van der Waals surface area contributed by atoms with Crippen molar-refractivity contribution in [3.63, 3.8) is 0 Å². The second-order valence-electron chi connectivity index (χ2n) is 7.28. The molecule has 0 aromatic heterocycles. The van der Waals surface area contributed by atoms with Crippen molar-refractivity contribution in [2.45, 2.75) is 43.2 Å². The molecule has 1 atom stereocenters. The first-order valence-electron chi connectivity index (χ1n) is 9.70. The van der Waals surface area contributed by atoms with Crippen LogP contribution in [0.2, 0.25) is 0 Å². The number of carbonyl (C=O) groups excluding carboxylic acids is 1. The average Bonchev–Trinajstić information content (AvgIpc) is 3.04. The SMILES string of the molecule is NS(=O)(=O)c1ccc(CCN2C(=O)CCC2CCNCc2ccccc2F)cc1. The predicted molar refractivity (Wildman–Crippen MR) is 109 cm³/mol. The highest BCUT2D eigenvalue weighted by molar-refractivity contribution is 7.89. The van der Waals surface area contributed by atoms with Crippen molar-refractivity contribution in [3.8, 4) is 0 Å². The minimum absolute atomic E-state index is 0.0808. The molecule has 8 heteroatoms. The third-order valence-corrected chi connectivity index (χ3v) is 6.20. The second-order valence-corrected chi connectivity index (χ2v) is 8.84. The number of likely N-dealkylation sites (tertiary alicyclic amines) is 1. The summed E-state index contributed by atoms with van der Waals surface area (Å²) in [4.78, 5) is 14.2. The van der Waals surface area contributed by atoms with Gasteiger partial charge in [0.25, 0.3) is 0 Å². The topological polar surface area (TPSA) is 92.5 Å². The molecule has 29 heavy (non-hydrogen) atoms. The number of halogens is 1. The molecule has 1 heterocycles. The van der Waals surface area contributed by atoms with Crippen LogP contribution in [0.1, 0.15) is 30.4 Å². The highest BCUT2D eigenvalue weighted by Gasteiger charge is 2.29. The Morgan fingerprint density at radius 1 is 1.14 bits per heavy atom. The van der Waals surface area contributed by atoms with E-state index in [1.54, 1.807) is 24.3 Å². The summed E-state index contributed by atoms with van der Waals surface area (Å²) in [7, 11) is -3.70. The van der Waals surface area contributed by atoms with Gasteiger partial charge < -0.3 is 10.2 Å². The van der Waals surface area contributed by atoms with E-state index in [0.29, 0.717) is 38.0 Å². The average molecular weight is 420 g/mol. The highest BCUT2D eigenvalue weighted by atomic mass is 32.2. The highest BCUT2D eigenvalue weighted by Crippen LogP contribution is 2.22. The second kappa shape index (κ2) is 9.47. The number of primary sulfonamides is 1. The van der Waals surface area contributed by atoms with Gasteiger partial charge in [-0.25, -0.2) is 17.9 Å². The number of sulfonamides is 1. The van der Waals surface area contributed by atoms with Gasteiger partial charge in [0, 0.05) is 31.1 Å². The Morgan fingerprint density at radius 3 is 2.55 bits per heavy atom. The zero-order chi connectivity index (χ0) is 20.9. The fourth-order valence-corrected chi connectivity index (χ4v) is 4.14. The molecule has 2 aromatic carbocycles. The van der Waals surface area contributed by atoms with Crippen molar-refractivity contribution in [1.29, 1.82) is 0 Å². The van der Waals surface area contributed by atoms with E-state index in [4.69, 9.17) is 5.14 Å². The number of rotatable bonds is 9. The van der Waals surface area contributed by atoms with Crippen LogP contribution < -0.4 is 10.5 Å². The zero-order valence-electron chi connectivity index (χ0n) is 16.2. The van der Waals surface area contributed by atoms with E-state index in [-0.39, 0.29) is 22.7 Å². The van der Waals surface area contributed by atoms with Gasteiger partial charge in [-0.15, -0.1) is 0 Å². The minimum Gasteiger partial charge on any atom is -0.339 e. The molecular weight excluding hydrogens is 393 g/mol. The Balaban J connectivity index is 1.48. The van der Waals surface area contributed by atoms with Gasteiger partial charge in [-0.05, 0) is 49.6 Å². The lowest BCUT2D eigenvalue weighted by Gasteiger charge is -2.25. The Hall–Kier alpha value is -2.29. The molecule has 1 aliphatic rings. The fourth-order valence-electron chi connectivity index (χ4n) is 3.63. The van der Waals surface area contributed by atoms with Crippen molar-refractivity contribution in [2.75, 3.05) is 13.1 Å². The number of nitrogens with one attached hydrogen (secondary N) is 1. The van der Waals surface area contributed by atoms with Gasteiger partial charge in [0.2, 0.25) is 15.9 Å². The van der Waals surface area contributed by atoms with E-state index in [1.165, 1.54) is 18.2 Å². The molecule has 1 unspecified atom stereocenters. The van der Waals surface area contributed by atoms with E-state index in [9.17, 15) is 17.6 Å². The summed E-state index contributed by atoms with van der Waals surface area (Å²) in [5.41, 5.74) is 1.59. The number of nitrogens with zero attached hydrogens (tertiary/aromatic N) is 1. The zero-order valence-corrected chi connectivity index (χ0v) is 17.0. The number of carbonyl (C=O) groups is 1. The van der Waals surface area contributed by atoms with Gasteiger partial charge in [0.05, 0.1) is 4.90 Å². The Morgan fingerprint density at radius 2 is 1.86 bits per heavy atom. The first-order chi connectivity index (χ1) is 13.8. The van der Waals surface area contributed by atoms with Gasteiger partial charge in [0.1, 0.15) is 5.82 Å². The molecule has 1 saturated heterocycles. The summed E-state index contributed by atoms with van der Waals surface area (Å²) in [6.07, 6.45) is 2.83. The van der Waals surface area contributed by atoms with Gasteiger partial charge in [0.15, 0.2) is 0 Å². The number of benzene rings is 2. The minimum atomic E-state index is -3.70. The summed E-state index contributed by atoms with van der Waals surface area (Å²) in [5, 5.41) is 8.36. The van der Waals surface area contributed by atoms with Crippen LogP contribution in [0.15, 0.2) is 53.4 Å². The van der Waals surface area contributed by atoms with Gasteiger partial charge in [-0.1, -0.05) is 30.3 Å². The first kappa shape index (κ1) is 21.4. The Labute approximate surface area is 171 Å². The molecule has 1 fully saturated rings. The lowest BCUT2D eigenvalue weighted by Crippen LogP contribution is -2.36. The third-order valence-electron chi connectivity index (χ3n) is 5.27. The maximum atomic E-state index is 13.6. The van der Waals surface area contributed by atoms with Gasteiger partial charge in [-0.2, -0.15) is 0 Å². The van der Waals surface area contributed by atoms with Crippen LogP contribution in [0.25, 0.3) is 0 Å². The number of hydrogen-bond acceptors (Lipinski definition) is 4. The molecule has 3 rings (SSSR count). The summed E-state index contributed by atoms with van der Waals surface area (Å²) >= 11 is 0. The first-order valence-corrected chi connectivity index (χ1v) is 11.2. The smallest absolute Gasteiger partial charge is 0.238 e. The molecule has 0 bridgehead atoms. The van der Waals surface area contributed by atoms with Crippen molar-refractivity contribution in [3.05, 3.63) is 65.5 Å². The molecule has 0 saturated carbocycles. The number of nitrogens with two attached hydrogens (primary N) is 1. The molecule has 3 N–H and O–H groups in total. The lowest BCUT2D eigenvalue weighted by molar-refractivity contribution is -0.129. The largest absolute Gasteiger partial charge is 0.339 e. The van der Waals surface area contributed by atoms with E-state index < -0.39 is 10.0 Å². The molecule has 2 aromatic rings. The van der Waals surface area contributed by atoms with Crippen LogP contribution >= 0.6 is 0 Å². The van der Waals surface area contributed by atoms with E-state index in [2.05, 4.69) is 5.32 Å². The van der Waals surface area contributed by atoms with Crippen LogP contribution in [0.4, 0.5) is 4.39 Å². The summed E-state index contributed by atoms with van der Waals surface area (Å²) in [6, 6.07) is 13.3. The fraction of sp³-hybridized carbons (Fsp3) is 0.381. The lowest BCUT2D eigenvalue weighted by atomic mass is 10.1. The van der Waals surface area contributed by atoms with Crippen LogP contribution in [0, 0.1) is 5.82 Å². The van der Waals surface area contributed by atoms with E-state index in [1.807, 2.05) is 11.0 Å². The van der Waals surface area contributed by atoms with Crippen LogP contribution in [-0.4, -0.2) is 38.4 Å². The summed E-state index contributed by atoms with van der Waals surface area (Å²) < 4.78 is 36.3. The molecule has 0 aliphatic carbocycles. The van der Waals surface area contributed by atoms with Crippen LogP contribution in [0.3, 0.4) is 0 Å². The Kier molecular flexibility index (Phi) is 7.00. The maximum absolute atomic E-state index is 13.6. The summed E-state index contributed by atoms with van der Waals surface area (Å²) in [6.45, 7) is 1.75. The molecule has 0 spiro atoms. The van der Waals surface area contributed by atoms with E-state index in [0.717, 1.165) is 18.4 Å². The quantitative estimate of drug-likeness (QED) is 0.610. The number of hydrogen-bond donors (Lipinski definition) is 2. The molecule has 6 nitrogen and oxygen atoms in total. The Bertz CT molecular complexity index is 948. The van der Waals surface area contributed by atoms with Crippen LogP contribution in [0.5, 0.6) is 0 Å². The third kappa shape index (κ3) is 5.85. The number of amides is 1. The van der Waals surface area contributed by atoms with Gasteiger partial charge in [-0.3, -0.25) is 4.79 Å². The van der Waals surface area contributed by atoms with E-state index >= 15 is 0 Å². The van der Waals surface area contributed by atoms with Crippen molar-refractivity contribution in [2.24, 2.45) is 5.14 Å². The molecule has 156 valence electrons. The van der Waals surface area contributed by atoms with Crippen molar-refractivity contribution < 1.29 is 17.6 Å². The normalized spacial score (nSPS) is 17.1. The summed E-state index contributed by atoms with van der Waals surface area (Å²) in [5.74, 6) is -0.0728. The van der Waals surface area contributed by atoms with Crippen LogP contribution in [-0.2, 0) is 27.8 Å². The maximum Gasteiger partial charge on any atom is 0.238 e. The monoisotopic (exact) mass is 419 g/mol. The molecule has 1 aliphatic heterocycles. The predicted octanol–water partition coefficient (Wildman–Crippen LogP) is 2.19. The standard InChI is InChI=1S/C21H26FN3O3S/c22-20-4-2-1-3-17(20)15-24-13-11-18-7-10-21(26)25(18)14-12-16-5-8-19(9-6-16)29(23,27)28/h1-6,8-9,18,24H,7,10-15H2,(H2,23,27,28). The molecule has 1 amide bonds. The molecule has 0 radical (unpaired) electrons. The van der Waals surface area contributed by atoms with Gasteiger partial charge >= 0.3 is 0 Å². The van der Waals surface area contributed by atoms with Crippen molar-refractivity contribution >= 4 is 15.9 Å². The van der Waals surface area contributed by atoms with Crippen molar-refractivity contribution in [1.82, 2.24) is 10.2 Å².